The first-order valence-corrected chi connectivity index (χ1v) is 6.27. The fourth-order valence-corrected chi connectivity index (χ4v) is 2.59. The summed E-state index contributed by atoms with van der Waals surface area (Å²) >= 11 is 9.32. The van der Waals surface area contributed by atoms with Gasteiger partial charge >= 0.3 is 5.97 Å². The molecular weight excluding hydrogens is 307 g/mol. The molecule has 3 nitrogen and oxygen atoms in total. The number of esters is 1. The molecule has 0 aliphatic carbocycles. The van der Waals surface area contributed by atoms with Crippen LogP contribution in [-0.4, -0.2) is 12.6 Å². The SMILES string of the molecule is CCOC(=O)c1c(C)oc2c(Br)cc(Cl)cc12. The van der Waals surface area contributed by atoms with Crippen molar-refractivity contribution in [3.05, 3.63) is 33.0 Å². The van der Waals surface area contributed by atoms with Gasteiger partial charge in [0.05, 0.1) is 11.1 Å². The molecule has 1 aromatic heterocycles. The minimum atomic E-state index is -0.391. The number of halogens is 2. The van der Waals surface area contributed by atoms with E-state index in [1.165, 1.54) is 0 Å². The van der Waals surface area contributed by atoms with Crippen LogP contribution in [0.4, 0.5) is 0 Å². The average Bonchev–Trinajstić information content (AvgIpc) is 2.55. The van der Waals surface area contributed by atoms with Gasteiger partial charge in [-0.1, -0.05) is 11.6 Å². The zero-order valence-electron chi connectivity index (χ0n) is 9.34. The van der Waals surface area contributed by atoms with E-state index in [9.17, 15) is 4.79 Å². The Morgan fingerprint density at radius 2 is 2.24 bits per heavy atom. The number of carbonyl (C=O) groups is 1. The molecule has 0 atom stereocenters. The van der Waals surface area contributed by atoms with E-state index in [0.717, 1.165) is 4.47 Å². The molecule has 0 fully saturated rings. The van der Waals surface area contributed by atoms with Crippen LogP contribution in [0.5, 0.6) is 0 Å². The fraction of sp³-hybridized carbons (Fsp3) is 0.250. The van der Waals surface area contributed by atoms with E-state index >= 15 is 0 Å². The molecule has 17 heavy (non-hydrogen) atoms. The Labute approximate surface area is 112 Å². The first-order chi connectivity index (χ1) is 8.04. The summed E-state index contributed by atoms with van der Waals surface area (Å²) in [6, 6.07) is 3.42. The minimum absolute atomic E-state index is 0.326. The van der Waals surface area contributed by atoms with Gasteiger partial charge in [0.2, 0.25) is 0 Å². The van der Waals surface area contributed by atoms with Crippen molar-refractivity contribution >= 4 is 44.5 Å². The molecule has 0 aliphatic heterocycles. The number of rotatable bonds is 2. The van der Waals surface area contributed by atoms with Gasteiger partial charge in [-0.25, -0.2) is 4.79 Å². The van der Waals surface area contributed by atoms with Crippen LogP contribution in [0, 0.1) is 6.92 Å². The number of ether oxygens (including phenoxy) is 1. The standard InChI is InChI=1S/C12H10BrClO3/c1-3-16-12(15)10-6(2)17-11-8(10)4-7(14)5-9(11)13/h4-5H,3H2,1-2H3. The average molecular weight is 318 g/mol. The van der Waals surface area contributed by atoms with Crippen molar-refractivity contribution in [3.8, 4) is 0 Å². The quantitative estimate of drug-likeness (QED) is 0.774. The van der Waals surface area contributed by atoms with Gasteiger partial charge in [-0.05, 0) is 41.9 Å². The second-order valence-electron chi connectivity index (χ2n) is 3.52. The summed E-state index contributed by atoms with van der Waals surface area (Å²) in [4.78, 5) is 11.8. The van der Waals surface area contributed by atoms with Crippen molar-refractivity contribution in [1.29, 1.82) is 0 Å². The van der Waals surface area contributed by atoms with Crippen LogP contribution < -0.4 is 0 Å². The van der Waals surface area contributed by atoms with Crippen molar-refractivity contribution in [2.24, 2.45) is 0 Å². The van der Waals surface area contributed by atoms with Gasteiger partial charge in [-0.15, -0.1) is 0 Å². The third-order valence-electron chi connectivity index (χ3n) is 2.36. The van der Waals surface area contributed by atoms with E-state index in [1.807, 2.05) is 0 Å². The number of benzene rings is 1. The van der Waals surface area contributed by atoms with Gasteiger partial charge in [0.15, 0.2) is 0 Å². The Balaban J connectivity index is 2.70. The van der Waals surface area contributed by atoms with Crippen molar-refractivity contribution in [3.63, 3.8) is 0 Å². The van der Waals surface area contributed by atoms with Crippen molar-refractivity contribution in [1.82, 2.24) is 0 Å². The summed E-state index contributed by atoms with van der Waals surface area (Å²) < 4.78 is 11.3. The van der Waals surface area contributed by atoms with Crippen molar-refractivity contribution in [2.75, 3.05) is 6.61 Å². The maximum Gasteiger partial charge on any atom is 0.342 e. The molecule has 0 radical (unpaired) electrons. The third kappa shape index (κ3) is 2.19. The zero-order valence-corrected chi connectivity index (χ0v) is 11.7. The molecule has 0 amide bonds. The highest BCUT2D eigenvalue weighted by Gasteiger charge is 2.21. The lowest BCUT2D eigenvalue weighted by molar-refractivity contribution is 0.0526. The van der Waals surface area contributed by atoms with Gasteiger partial charge in [0, 0.05) is 10.4 Å². The maximum absolute atomic E-state index is 11.8. The zero-order chi connectivity index (χ0) is 12.6. The van der Waals surface area contributed by atoms with E-state index in [2.05, 4.69) is 15.9 Å². The Bertz CT molecular complexity index is 589. The summed E-state index contributed by atoms with van der Waals surface area (Å²) in [6.07, 6.45) is 0. The molecule has 0 N–H and O–H groups in total. The van der Waals surface area contributed by atoms with Gasteiger partial charge in [0.1, 0.15) is 16.9 Å². The summed E-state index contributed by atoms with van der Waals surface area (Å²) in [5, 5.41) is 1.20. The molecular formula is C12H10BrClO3. The molecule has 0 aliphatic rings. The van der Waals surface area contributed by atoms with Gasteiger partial charge in [0.25, 0.3) is 0 Å². The molecule has 1 heterocycles. The number of furan rings is 1. The topological polar surface area (TPSA) is 39.4 Å². The van der Waals surface area contributed by atoms with Crippen LogP contribution >= 0.6 is 27.5 Å². The highest BCUT2D eigenvalue weighted by Crippen LogP contribution is 2.34. The largest absolute Gasteiger partial charge is 0.462 e. The second-order valence-corrected chi connectivity index (χ2v) is 4.81. The predicted octanol–water partition coefficient (Wildman–Crippen LogP) is 4.33. The second kappa shape index (κ2) is 4.70. The van der Waals surface area contributed by atoms with Crippen LogP contribution in [0.25, 0.3) is 11.0 Å². The molecule has 2 rings (SSSR count). The Hall–Kier alpha value is -1.00. The fourth-order valence-electron chi connectivity index (χ4n) is 1.70. The normalized spacial score (nSPS) is 10.8. The van der Waals surface area contributed by atoms with Gasteiger partial charge < -0.3 is 9.15 Å². The van der Waals surface area contributed by atoms with Gasteiger partial charge in [-0.2, -0.15) is 0 Å². The number of fused-ring (bicyclic) bond motifs is 1. The molecule has 0 spiro atoms. The Morgan fingerprint density at radius 3 is 2.88 bits per heavy atom. The van der Waals surface area contributed by atoms with Crippen LogP contribution in [-0.2, 0) is 4.74 Å². The Kier molecular flexibility index (Phi) is 3.45. The highest BCUT2D eigenvalue weighted by atomic mass is 79.9. The van der Waals surface area contributed by atoms with Crippen molar-refractivity contribution < 1.29 is 13.9 Å². The molecule has 90 valence electrons. The van der Waals surface area contributed by atoms with E-state index < -0.39 is 5.97 Å². The molecule has 2 aromatic rings. The number of carbonyl (C=O) groups excluding carboxylic acids is 1. The van der Waals surface area contributed by atoms with Crippen molar-refractivity contribution in [2.45, 2.75) is 13.8 Å². The van der Waals surface area contributed by atoms with Crippen LogP contribution in [0.15, 0.2) is 21.0 Å². The molecule has 5 heteroatoms. The lowest BCUT2D eigenvalue weighted by Crippen LogP contribution is -2.05. The van der Waals surface area contributed by atoms with E-state index in [1.54, 1.807) is 26.0 Å². The maximum atomic E-state index is 11.8. The molecule has 0 bridgehead atoms. The number of hydrogen-bond donors (Lipinski definition) is 0. The lowest BCUT2D eigenvalue weighted by Gasteiger charge is -2.00. The number of aryl methyl sites for hydroxylation is 1. The molecule has 0 saturated carbocycles. The van der Waals surface area contributed by atoms with E-state index in [4.69, 9.17) is 20.8 Å². The number of hydrogen-bond acceptors (Lipinski definition) is 3. The third-order valence-corrected chi connectivity index (χ3v) is 3.17. The van der Waals surface area contributed by atoms with E-state index in [0.29, 0.717) is 33.9 Å². The monoisotopic (exact) mass is 316 g/mol. The summed E-state index contributed by atoms with van der Waals surface area (Å²) in [5.74, 6) is 0.138. The Morgan fingerprint density at radius 1 is 1.53 bits per heavy atom. The summed E-state index contributed by atoms with van der Waals surface area (Å²) in [6.45, 7) is 3.82. The highest BCUT2D eigenvalue weighted by molar-refractivity contribution is 9.10. The van der Waals surface area contributed by atoms with E-state index in [-0.39, 0.29) is 0 Å². The van der Waals surface area contributed by atoms with Crippen LogP contribution in [0.1, 0.15) is 23.0 Å². The summed E-state index contributed by atoms with van der Waals surface area (Å²) in [5.41, 5.74) is 1.04. The molecule has 1 aromatic carbocycles. The van der Waals surface area contributed by atoms with Crippen LogP contribution in [0.3, 0.4) is 0 Å². The smallest absolute Gasteiger partial charge is 0.342 e. The first-order valence-electron chi connectivity index (χ1n) is 5.09. The predicted molar refractivity (Wildman–Crippen MR) is 69.6 cm³/mol. The lowest BCUT2D eigenvalue weighted by atomic mass is 10.1. The van der Waals surface area contributed by atoms with Crippen LogP contribution in [0.2, 0.25) is 5.02 Å². The summed E-state index contributed by atoms with van der Waals surface area (Å²) in [7, 11) is 0. The molecule has 0 unspecified atom stereocenters. The minimum Gasteiger partial charge on any atom is -0.462 e. The van der Waals surface area contributed by atoms with Gasteiger partial charge in [-0.3, -0.25) is 0 Å². The first kappa shape index (κ1) is 12.5. The molecule has 0 saturated heterocycles.